The third-order valence-corrected chi connectivity index (χ3v) is 7.65. The predicted octanol–water partition coefficient (Wildman–Crippen LogP) is 5.48. The molecular weight excluding hydrogens is 559 g/mol. The molecule has 0 aliphatic heterocycles. The molecule has 0 saturated heterocycles. The van der Waals surface area contributed by atoms with Crippen molar-refractivity contribution < 1.29 is 35.9 Å². The normalized spacial score (nSPS) is 17.7. The number of amides is 1. The first-order chi connectivity index (χ1) is 18.2. The van der Waals surface area contributed by atoms with Gasteiger partial charge in [-0.1, -0.05) is 0 Å². The summed E-state index contributed by atoms with van der Waals surface area (Å²) in [6.07, 6.45) is -0.759. The van der Waals surface area contributed by atoms with Gasteiger partial charge in [0.25, 0.3) is 10.0 Å². The zero-order chi connectivity index (χ0) is 28.4. The highest BCUT2D eigenvalue weighted by Gasteiger charge is 2.37. The highest BCUT2D eigenvalue weighted by molar-refractivity contribution is 7.90. The molecule has 1 aliphatic carbocycles. The van der Waals surface area contributed by atoms with Gasteiger partial charge in [0.1, 0.15) is 11.2 Å². The second kappa shape index (κ2) is 11.0. The number of benzene rings is 1. The van der Waals surface area contributed by atoms with E-state index in [-0.39, 0.29) is 29.2 Å². The van der Waals surface area contributed by atoms with E-state index in [1.807, 2.05) is 4.72 Å². The van der Waals surface area contributed by atoms with Gasteiger partial charge in [-0.25, -0.2) is 27.9 Å². The Labute approximate surface area is 227 Å². The van der Waals surface area contributed by atoms with Crippen molar-refractivity contribution in [2.75, 3.05) is 11.9 Å². The summed E-state index contributed by atoms with van der Waals surface area (Å²) < 4.78 is 79.5. The monoisotopic (exact) mass is 585 g/mol. The van der Waals surface area contributed by atoms with E-state index in [0.29, 0.717) is 23.2 Å². The molecule has 2 aromatic heterocycles. The minimum absolute atomic E-state index is 0.107. The number of nitrogens with one attached hydrogen (secondary N) is 2. The van der Waals surface area contributed by atoms with Crippen molar-refractivity contribution in [1.29, 1.82) is 0 Å². The minimum atomic E-state index is -4.49. The van der Waals surface area contributed by atoms with Crippen LogP contribution in [-0.2, 0) is 20.9 Å². The van der Waals surface area contributed by atoms with Crippen molar-refractivity contribution in [3.63, 3.8) is 0 Å². The van der Waals surface area contributed by atoms with Crippen molar-refractivity contribution in [2.45, 2.75) is 56.2 Å². The molecule has 0 bridgehead atoms. The molecular formula is C24H26F3N5O5S2. The van der Waals surface area contributed by atoms with E-state index in [2.05, 4.69) is 19.7 Å². The van der Waals surface area contributed by atoms with E-state index in [1.165, 1.54) is 24.3 Å². The number of carbonyl (C=O) groups is 1. The second-order valence-corrected chi connectivity index (χ2v) is 12.3. The maximum Gasteiger partial charge on any atom is 0.422 e. The molecule has 1 aromatic carbocycles. The molecule has 39 heavy (non-hydrogen) atoms. The molecule has 210 valence electrons. The summed E-state index contributed by atoms with van der Waals surface area (Å²) in [5.74, 6) is 0.200. The highest BCUT2D eigenvalue weighted by atomic mass is 32.2. The lowest BCUT2D eigenvalue weighted by Crippen LogP contribution is -2.36. The van der Waals surface area contributed by atoms with Gasteiger partial charge in [0.05, 0.1) is 11.5 Å². The van der Waals surface area contributed by atoms with E-state index in [4.69, 9.17) is 9.47 Å². The number of nitrogens with zero attached hydrogens (tertiary/aromatic N) is 3. The number of hydrogen-bond acceptors (Lipinski definition) is 10. The number of ether oxygens (including phenoxy) is 2. The minimum Gasteiger partial charge on any atom is -0.476 e. The summed E-state index contributed by atoms with van der Waals surface area (Å²) >= 11 is 0.711. The molecule has 15 heteroatoms. The summed E-state index contributed by atoms with van der Waals surface area (Å²) in [6.45, 7) is 5.02. The van der Waals surface area contributed by atoms with Gasteiger partial charge in [0, 0.05) is 23.5 Å². The molecule has 1 aliphatic rings. The van der Waals surface area contributed by atoms with Gasteiger partial charge in [0.15, 0.2) is 0 Å². The van der Waals surface area contributed by atoms with Crippen LogP contribution in [0.5, 0.6) is 5.88 Å². The maximum atomic E-state index is 12.9. The number of rotatable bonds is 8. The standard InChI is InChI=1S/C24H26F3N5O5S2/c1-23(2,3)37-22(33)32-39(34,35)18-6-4-17(5-7-18)30-21-28-10-16(11-29-21)15-8-14(9-15)12-36-20-19(13-38-31-20)24(25,26)27/h4-7,10-11,13-15H,8-9,12H2,1-3H3,(H,32,33)(H,28,29,30). The van der Waals surface area contributed by atoms with Crippen molar-refractivity contribution in [3.8, 4) is 5.88 Å². The molecule has 1 amide bonds. The van der Waals surface area contributed by atoms with Gasteiger partial charge in [-0.2, -0.15) is 17.5 Å². The smallest absolute Gasteiger partial charge is 0.422 e. The van der Waals surface area contributed by atoms with Gasteiger partial charge in [-0.15, -0.1) is 0 Å². The molecule has 0 unspecified atom stereocenters. The number of hydrogen-bond donors (Lipinski definition) is 2. The zero-order valence-electron chi connectivity index (χ0n) is 21.2. The van der Waals surface area contributed by atoms with Gasteiger partial charge in [0.2, 0.25) is 11.8 Å². The van der Waals surface area contributed by atoms with E-state index >= 15 is 0 Å². The Morgan fingerprint density at radius 2 is 1.74 bits per heavy atom. The van der Waals surface area contributed by atoms with E-state index in [1.54, 1.807) is 33.2 Å². The van der Waals surface area contributed by atoms with Crippen molar-refractivity contribution in [1.82, 2.24) is 19.1 Å². The molecule has 2 N–H and O–H groups in total. The van der Waals surface area contributed by atoms with Crippen LogP contribution in [0.1, 0.15) is 50.7 Å². The third-order valence-electron chi connectivity index (χ3n) is 5.71. The van der Waals surface area contributed by atoms with Crippen LogP contribution in [0.25, 0.3) is 0 Å². The topological polar surface area (TPSA) is 132 Å². The fraction of sp³-hybridized carbons (Fsp3) is 0.417. The molecule has 3 aromatic rings. The molecule has 2 heterocycles. The zero-order valence-corrected chi connectivity index (χ0v) is 22.8. The third kappa shape index (κ3) is 7.56. The number of alkyl halides is 3. The number of aromatic nitrogens is 3. The molecule has 1 saturated carbocycles. The van der Waals surface area contributed by atoms with Crippen LogP contribution in [0, 0.1) is 5.92 Å². The summed E-state index contributed by atoms with van der Waals surface area (Å²) in [6, 6.07) is 5.65. The maximum absolute atomic E-state index is 12.9. The molecule has 4 rings (SSSR count). The fourth-order valence-corrected chi connectivity index (χ4v) is 5.30. The SMILES string of the molecule is CC(C)(C)OC(=O)NS(=O)(=O)c1ccc(Nc2ncc(C3CC(COc4nscc4C(F)(F)F)C3)cn2)cc1. The van der Waals surface area contributed by atoms with Gasteiger partial charge in [-0.05, 0) is 86.8 Å². The van der Waals surface area contributed by atoms with Gasteiger partial charge < -0.3 is 14.8 Å². The van der Waals surface area contributed by atoms with Gasteiger partial charge in [-0.3, -0.25) is 0 Å². The number of sulfonamides is 1. The fourth-order valence-electron chi connectivity index (χ4n) is 3.79. The van der Waals surface area contributed by atoms with Crippen LogP contribution in [0.15, 0.2) is 46.9 Å². The van der Waals surface area contributed by atoms with Crippen LogP contribution >= 0.6 is 11.5 Å². The first kappa shape index (κ1) is 28.5. The quantitative estimate of drug-likeness (QED) is 0.353. The van der Waals surface area contributed by atoms with Crippen molar-refractivity contribution in [2.24, 2.45) is 5.92 Å². The Hall–Kier alpha value is -3.46. The molecule has 10 nitrogen and oxygen atoms in total. The summed E-state index contributed by atoms with van der Waals surface area (Å²) in [5.41, 5.74) is -0.270. The summed E-state index contributed by atoms with van der Waals surface area (Å²) in [7, 11) is -4.11. The largest absolute Gasteiger partial charge is 0.476 e. The second-order valence-electron chi connectivity index (χ2n) is 9.97. The van der Waals surface area contributed by atoms with Crippen LogP contribution in [0.4, 0.5) is 29.6 Å². The van der Waals surface area contributed by atoms with E-state index < -0.39 is 33.5 Å². The Morgan fingerprint density at radius 3 is 2.33 bits per heavy atom. The Bertz CT molecular complexity index is 1400. The lowest BCUT2D eigenvalue weighted by atomic mass is 9.72. The number of anilines is 2. The lowest BCUT2D eigenvalue weighted by Gasteiger charge is -2.34. The number of carbonyl (C=O) groups excluding carboxylic acids is 1. The van der Waals surface area contributed by atoms with Crippen LogP contribution in [-0.4, -0.2) is 41.1 Å². The molecule has 0 radical (unpaired) electrons. The summed E-state index contributed by atoms with van der Waals surface area (Å²) in [4.78, 5) is 20.3. The van der Waals surface area contributed by atoms with Crippen molar-refractivity contribution in [3.05, 3.63) is 53.2 Å². The van der Waals surface area contributed by atoms with Crippen LogP contribution < -0.4 is 14.8 Å². The molecule has 1 fully saturated rings. The molecule has 0 atom stereocenters. The van der Waals surface area contributed by atoms with E-state index in [0.717, 1.165) is 23.8 Å². The first-order valence-corrected chi connectivity index (χ1v) is 14.1. The Kier molecular flexibility index (Phi) is 8.02. The molecule has 0 spiro atoms. The predicted molar refractivity (Wildman–Crippen MR) is 136 cm³/mol. The summed E-state index contributed by atoms with van der Waals surface area (Å²) in [5, 5.41) is 3.91. The Balaban J connectivity index is 1.26. The van der Waals surface area contributed by atoms with Crippen LogP contribution in [0.3, 0.4) is 0 Å². The van der Waals surface area contributed by atoms with Crippen molar-refractivity contribution >= 4 is 39.3 Å². The van der Waals surface area contributed by atoms with Gasteiger partial charge >= 0.3 is 12.3 Å². The average Bonchev–Trinajstić information content (AvgIpc) is 3.27. The Morgan fingerprint density at radius 1 is 1.10 bits per heavy atom. The number of halogens is 3. The highest BCUT2D eigenvalue weighted by Crippen LogP contribution is 2.42. The van der Waals surface area contributed by atoms with E-state index in [9.17, 15) is 26.4 Å². The average molecular weight is 586 g/mol. The van der Waals surface area contributed by atoms with Crippen LogP contribution in [0.2, 0.25) is 0 Å². The lowest BCUT2D eigenvalue weighted by molar-refractivity contribution is -0.139. The first-order valence-electron chi connectivity index (χ1n) is 11.8.